The Hall–Kier alpha value is -2.67. The number of thiazole rings is 1. The lowest BCUT2D eigenvalue weighted by Gasteiger charge is -2.13. The van der Waals surface area contributed by atoms with Crippen LogP contribution in [0, 0.1) is 0 Å². The van der Waals surface area contributed by atoms with E-state index in [4.69, 9.17) is 0 Å². The Morgan fingerprint density at radius 3 is 2.43 bits per heavy atom. The maximum absolute atomic E-state index is 12.7. The summed E-state index contributed by atoms with van der Waals surface area (Å²) < 4.78 is 38.0. The number of para-hydroxylation sites is 1. The summed E-state index contributed by atoms with van der Waals surface area (Å²) in [4.78, 5) is 16.8. The van der Waals surface area contributed by atoms with Gasteiger partial charge in [0.2, 0.25) is 5.91 Å². The Kier molecular flexibility index (Phi) is 5.84. The summed E-state index contributed by atoms with van der Waals surface area (Å²) in [5.74, 6) is 0.0967. The highest BCUT2D eigenvalue weighted by molar-refractivity contribution is 7.13. The minimum Gasteiger partial charge on any atom is -0.325 e. The molecule has 0 atom stereocenters. The highest BCUT2D eigenvalue weighted by atomic mass is 32.1. The van der Waals surface area contributed by atoms with Gasteiger partial charge in [0, 0.05) is 16.6 Å². The van der Waals surface area contributed by atoms with Crippen LogP contribution in [0.25, 0.3) is 10.6 Å². The Bertz CT molecular complexity index is 962. The van der Waals surface area contributed by atoms with Crippen molar-refractivity contribution in [3.05, 3.63) is 70.7 Å². The van der Waals surface area contributed by atoms with Crippen LogP contribution in [0.3, 0.4) is 0 Å². The first-order chi connectivity index (χ1) is 13.2. The second-order valence-corrected chi connectivity index (χ2v) is 7.54. The van der Waals surface area contributed by atoms with Gasteiger partial charge in [0.25, 0.3) is 0 Å². The van der Waals surface area contributed by atoms with Crippen molar-refractivity contribution in [1.29, 1.82) is 0 Å². The summed E-state index contributed by atoms with van der Waals surface area (Å²) in [6, 6.07) is 12.5. The van der Waals surface area contributed by atoms with Crippen LogP contribution in [-0.4, -0.2) is 10.9 Å². The van der Waals surface area contributed by atoms with Gasteiger partial charge in [-0.25, -0.2) is 4.98 Å². The fourth-order valence-corrected chi connectivity index (χ4v) is 3.62. The maximum Gasteiger partial charge on any atom is 0.416 e. The van der Waals surface area contributed by atoms with Crippen molar-refractivity contribution in [3.63, 3.8) is 0 Å². The number of rotatable bonds is 5. The molecule has 1 N–H and O–H groups in total. The average molecular weight is 404 g/mol. The third-order valence-corrected chi connectivity index (χ3v) is 5.15. The number of alkyl halides is 3. The third kappa shape index (κ3) is 4.78. The molecule has 0 spiro atoms. The van der Waals surface area contributed by atoms with E-state index < -0.39 is 11.7 Å². The molecule has 3 nitrogen and oxygen atoms in total. The quantitative estimate of drug-likeness (QED) is 0.555. The number of nitrogens with one attached hydrogen (secondary N) is 1. The number of amides is 1. The molecule has 0 unspecified atom stereocenters. The first kappa shape index (κ1) is 20.1. The standard InChI is InChI=1S/C21H19F3N2OS/c1-13(2)17-5-3-4-6-18(17)26-19(27)11-16-12-28-20(25-16)14-7-9-15(10-8-14)21(22,23)24/h3-10,12-13H,11H2,1-2H3,(H,26,27). The van der Waals surface area contributed by atoms with E-state index in [0.29, 0.717) is 16.3 Å². The summed E-state index contributed by atoms with van der Waals surface area (Å²) in [6.45, 7) is 4.11. The zero-order valence-corrected chi connectivity index (χ0v) is 16.2. The zero-order chi connectivity index (χ0) is 20.3. The van der Waals surface area contributed by atoms with Crippen molar-refractivity contribution < 1.29 is 18.0 Å². The predicted octanol–water partition coefficient (Wildman–Crippen LogP) is 6.13. The summed E-state index contributed by atoms with van der Waals surface area (Å²) in [5, 5.41) is 5.25. The van der Waals surface area contributed by atoms with E-state index in [9.17, 15) is 18.0 Å². The molecule has 1 aromatic heterocycles. The predicted molar refractivity (Wildman–Crippen MR) is 105 cm³/mol. The molecular formula is C21H19F3N2OS. The molecular weight excluding hydrogens is 385 g/mol. The van der Waals surface area contributed by atoms with E-state index in [1.807, 2.05) is 24.3 Å². The van der Waals surface area contributed by atoms with Gasteiger partial charge in [-0.05, 0) is 29.7 Å². The number of hydrogen-bond donors (Lipinski definition) is 1. The lowest BCUT2D eigenvalue weighted by Crippen LogP contribution is -2.16. The molecule has 0 aliphatic carbocycles. The number of halogens is 3. The molecule has 0 aliphatic heterocycles. The Balaban J connectivity index is 1.69. The van der Waals surface area contributed by atoms with E-state index >= 15 is 0 Å². The number of nitrogens with zero attached hydrogens (tertiary/aromatic N) is 1. The van der Waals surface area contributed by atoms with Crippen LogP contribution in [0.4, 0.5) is 18.9 Å². The molecule has 3 aromatic rings. The normalized spacial score (nSPS) is 11.6. The smallest absolute Gasteiger partial charge is 0.325 e. The van der Waals surface area contributed by atoms with E-state index in [2.05, 4.69) is 24.1 Å². The number of carbonyl (C=O) groups excluding carboxylic acids is 1. The molecule has 3 rings (SSSR count). The summed E-state index contributed by atoms with van der Waals surface area (Å²) in [6.07, 6.45) is -4.26. The van der Waals surface area contributed by atoms with Crippen LogP contribution in [-0.2, 0) is 17.4 Å². The SMILES string of the molecule is CC(C)c1ccccc1NC(=O)Cc1csc(-c2ccc(C(F)(F)F)cc2)n1. The van der Waals surface area contributed by atoms with Crippen LogP contribution in [0.15, 0.2) is 53.9 Å². The molecule has 146 valence electrons. The average Bonchev–Trinajstić information content (AvgIpc) is 3.09. The largest absolute Gasteiger partial charge is 0.416 e. The number of carbonyl (C=O) groups is 1. The first-order valence-electron chi connectivity index (χ1n) is 8.75. The first-order valence-corrected chi connectivity index (χ1v) is 9.63. The molecule has 2 aromatic carbocycles. The van der Waals surface area contributed by atoms with Gasteiger partial charge < -0.3 is 5.32 Å². The lowest BCUT2D eigenvalue weighted by atomic mass is 10.0. The van der Waals surface area contributed by atoms with E-state index in [1.54, 1.807) is 5.38 Å². The van der Waals surface area contributed by atoms with Crippen LogP contribution >= 0.6 is 11.3 Å². The summed E-state index contributed by atoms with van der Waals surface area (Å²) in [7, 11) is 0. The molecule has 0 saturated carbocycles. The topological polar surface area (TPSA) is 42.0 Å². The highest BCUT2D eigenvalue weighted by Gasteiger charge is 2.30. The molecule has 0 bridgehead atoms. The molecule has 28 heavy (non-hydrogen) atoms. The van der Waals surface area contributed by atoms with Crippen LogP contribution in [0.5, 0.6) is 0 Å². The molecule has 1 amide bonds. The second kappa shape index (κ2) is 8.14. The van der Waals surface area contributed by atoms with E-state index in [1.165, 1.54) is 23.5 Å². The van der Waals surface area contributed by atoms with Crippen LogP contribution < -0.4 is 5.32 Å². The van der Waals surface area contributed by atoms with Crippen molar-refractivity contribution >= 4 is 22.9 Å². The molecule has 7 heteroatoms. The minimum atomic E-state index is -4.36. The fraction of sp³-hybridized carbons (Fsp3) is 0.238. The number of aromatic nitrogens is 1. The molecule has 1 heterocycles. The number of anilines is 1. The Labute approximate surface area is 165 Å². The van der Waals surface area contributed by atoms with E-state index in [-0.39, 0.29) is 18.2 Å². The van der Waals surface area contributed by atoms with Gasteiger partial charge in [-0.2, -0.15) is 13.2 Å². The zero-order valence-electron chi connectivity index (χ0n) is 15.4. The van der Waals surface area contributed by atoms with Crippen molar-refractivity contribution in [2.24, 2.45) is 0 Å². The number of hydrogen-bond acceptors (Lipinski definition) is 3. The Morgan fingerprint density at radius 2 is 1.79 bits per heavy atom. The van der Waals surface area contributed by atoms with Crippen molar-refractivity contribution in [2.45, 2.75) is 32.4 Å². The maximum atomic E-state index is 12.7. The summed E-state index contributed by atoms with van der Waals surface area (Å²) >= 11 is 1.30. The minimum absolute atomic E-state index is 0.101. The molecule has 0 saturated heterocycles. The second-order valence-electron chi connectivity index (χ2n) is 6.69. The van der Waals surface area contributed by atoms with Crippen molar-refractivity contribution in [3.8, 4) is 10.6 Å². The molecule has 0 aliphatic rings. The Morgan fingerprint density at radius 1 is 1.11 bits per heavy atom. The van der Waals surface area contributed by atoms with Gasteiger partial charge in [0.15, 0.2) is 0 Å². The molecule has 0 radical (unpaired) electrons. The van der Waals surface area contributed by atoms with Crippen molar-refractivity contribution in [1.82, 2.24) is 4.98 Å². The van der Waals surface area contributed by atoms with Crippen LogP contribution in [0.1, 0.15) is 36.6 Å². The van der Waals surface area contributed by atoms with Gasteiger partial charge >= 0.3 is 6.18 Å². The van der Waals surface area contributed by atoms with Gasteiger partial charge in [0.05, 0.1) is 17.7 Å². The van der Waals surface area contributed by atoms with Crippen molar-refractivity contribution in [2.75, 3.05) is 5.32 Å². The van der Waals surface area contributed by atoms with Gasteiger partial charge in [0.1, 0.15) is 5.01 Å². The summed E-state index contributed by atoms with van der Waals surface area (Å²) in [5.41, 5.74) is 2.31. The van der Waals surface area contributed by atoms with E-state index in [0.717, 1.165) is 23.4 Å². The molecule has 0 fully saturated rings. The lowest BCUT2D eigenvalue weighted by molar-refractivity contribution is -0.137. The van der Waals surface area contributed by atoms with Crippen LogP contribution in [0.2, 0.25) is 0 Å². The van der Waals surface area contributed by atoms with Gasteiger partial charge in [-0.3, -0.25) is 4.79 Å². The number of benzene rings is 2. The fourth-order valence-electron chi connectivity index (χ4n) is 2.80. The monoisotopic (exact) mass is 404 g/mol. The highest BCUT2D eigenvalue weighted by Crippen LogP contribution is 2.32. The van der Waals surface area contributed by atoms with Gasteiger partial charge in [-0.15, -0.1) is 11.3 Å². The van der Waals surface area contributed by atoms with Gasteiger partial charge in [-0.1, -0.05) is 44.2 Å². The third-order valence-electron chi connectivity index (χ3n) is 4.21.